The van der Waals surface area contributed by atoms with Crippen LogP contribution in [0.2, 0.25) is 0 Å². The quantitative estimate of drug-likeness (QED) is 0.705. The first-order valence-corrected chi connectivity index (χ1v) is 5.89. The fourth-order valence-electron chi connectivity index (χ4n) is 1.42. The molecule has 1 amide bonds. The Bertz CT molecular complexity index is 199. The van der Waals surface area contributed by atoms with Crippen LogP contribution in [0.15, 0.2) is 0 Å². The van der Waals surface area contributed by atoms with Crippen LogP contribution in [-0.4, -0.2) is 18.3 Å². The predicted molar refractivity (Wildman–Crippen MR) is 59.5 cm³/mol. The van der Waals surface area contributed by atoms with Crippen LogP contribution in [0.1, 0.15) is 39.5 Å². The molecule has 1 fully saturated rings. The monoisotopic (exact) mass is 217 g/mol. The second-order valence-corrected chi connectivity index (χ2v) is 5.34. The second-order valence-electron chi connectivity index (χ2n) is 5.08. The SMILES string of the molecule is CC(C)(CCl)CNC(=O)CC1CCC1. The number of hydrogen-bond donors (Lipinski definition) is 1. The van der Waals surface area contributed by atoms with Crippen LogP contribution < -0.4 is 5.32 Å². The van der Waals surface area contributed by atoms with Crippen molar-refractivity contribution >= 4 is 17.5 Å². The molecule has 0 spiro atoms. The highest BCUT2D eigenvalue weighted by atomic mass is 35.5. The summed E-state index contributed by atoms with van der Waals surface area (Å²) in [6.07, 6.45) is 4.46. The highest BCUT2D eigenvalue weighted by molar-refractivity contribution is 6.18. The zero-order valence-corrected chi connectivity index (χ0v) is 9.86. The molecule has 0 radical (unpaired) electrons. The van der Waals surface area contributed by atoms with Gasteiger partial charge in [-0.05, 0) is 24.2 Å². The van der Waals surface area contributed by atoms with Gasteiger partial charge in [-0.25, -0.2) is 0 Å². The van der Waals surface area contributed by atoms with Gasteiger partial charge in [0.2, 0.25) is 5.91 Å². The molecule has 0 unspecified atom stereocenters. The highest BCUT2D eigenvalue weighted by Crippen LogP contribution is 2.29. The van der Waals surface area contributed by atoms with Crippen LogP contribution in [0.4, 0.5) is 0 Å². The number of amides is 1. The standard InChI is InChI=1S/C11H20ClNO/c1-11(2,7-12)8-13-10(14)6-9-4-3-5-9/h9H,3-8H2,1-2H3,(H,13,14). The van der Waals surface area contributed by atoms with Gasteiger partial charge in [0.1, 0.15) is 0 Å². The molecule has 1 aliphatic carbocycles. The largest absolute Gasteiger partial charge is 0.356 e. The van der Waals surface area contributed by atoms with Gasteiger partial charge in [0.25, 0.3) is 0 Å². The minimum absolute atomic E-state index is 0.0107. The summed E-state index contributed by atoms with van der Waals surface area (Å²) in [4.78, 5) is 11.5. The molecule has 1 aliphatic rings. The molecule has 1 saturated carbocycles. The third-order valence-corrected chi connectivity index (χ3v) is 3.55. The Labute approximate surface area is 91.4 Å². The molecule has 0 saturated heterocycles. The third kappa shape index (κ3) is 3.87. The molecule has 2 nitrogen and oxygen atoms in total. The lowest BCUT2D eigenvalue weighted by molar-refractivity contribution is -0.123. The topological polar surface area (TPSA) is 29.1 Å². The molecule has 0 heterocycles. The van der Waals surface area contributed by atoms with Crippen molar-refractivity contribution in [2.45, 2.75) is 39.5 Å². The Hall–Kier alpha value is -0.240. The number of carbonyl (C=O) groups is 1. The molecule has 0 aromatic rings. The average molecular weight is 218 g/mol. The first kappa shape index (κ1) is 11.8. The normalized spacial score (nSPS) is 17.6. The summed E-state index contributed by atoms with van der Waals surface area (Å²) >= 11 is 5.77. The Kier molecular flexibility index (Phi) is 4.24. The lowest BCUT2D eigenvalue weighted by Gasteiger charge is -2.26. The summed E-state index contributed by atoms with van der Waals surface area (Å²) in [5.74, 6) is 1.42. The van der Waals surface area contributed by atoms with Gasteiger partial charge < -0.3 is 5.32 Å². The van der Waals surface area contributed by atoms with Crippen molar-refractivity contribution < 1.29 is 4.79 Å². The molecule has 0 aromatic carbocycles. The number of halogens is 1. The summed E-state index contributed by atoms with van der Waals surface area (Å²) < 4.78 is 0. The fraction of sp³-hybridized carbons (Fsp3) is 0.909. The zero-order chi connectivity index (χ0) is 10.6. The van der Waals surface area contributed by atoms with Crippen molar-refractivity contribution in [1.29, 1.82) is 0 Å². The first-order valence-electron chi connectivity index (χ1n) is 5.36. The number of carbonyl (C=O) groups excluding carboxylic acids is 1. The van der Waals surface area contributed by atoms with Gasteiger partial charge in [-0.2, -0.15) is 0 Å². The summed E-state index contributed by atoms with van der Waals surface area (Å²) in [6.45, 7) is 4.80. The summed E-state index contributed by atoms with van der Waals surface area (Å²) in [6, 6.07) is 0. The molecule has 0 aromatic heterocycles. The summed E-state index contributed by atoms with van der Waals surface area (Å²) in [5.41, 5.74) is 0.0107. The Balaban J connectivity index is 2.13. The molecule has 0 aliphatic heterocycles. The van der Waals surface area contributed by atoms with Crippen LogP contribution in [0.25, 0.3) is 0 Å². The van der Waals surface area contributed by atoms with Gasteiger partial charge in [0, 0.05) is 18.8 Å². The molecule has 0 atom stereocenters. The lowest BCUT2D eigenvalue weighted by atomic mass is 9.83. The minimum Gasteiger partial charge on any atom is -0.356 e. The maximum atomic E-state index is 11.5. The Morgan fingerprint density at radius 1 is 1.50 bits per heavy atom. The van der Waals surface area contributed by atoms with Gasteiger partial charge in [-0.15, -0.1) is 11.6 Å². The fourth-order valence-corrected chi connectivity index (χ4v) is 1.51. The zero-order valence-electron chi connectivity index (χ0n) is 9.11. The summed E-state index contributed by atoms with van der Waals surface area (Å²) in [5, 5.41) is 2.95. The van der Waals surface area contributed by atoms with E-state index in [0.29, 0.717) is 24.8 Å². The van der Waals surface area contributed by atoms with Crippen LogP contribution in [0.3, 0.4) is 0 Å². The number of rotatable bonds is 5. The van der Waals surface area contributed by atoms with Gasteiger partial charge in [0.15, 0.2) is 0 Å². The van der Waals surface area contributed by atoms with Gasteiger partial charge in [-0.1, -0.05) is 20.3 Å². The van der Waals surface area contributed by atoms with E-state index in [1.807, 2.05) is 0 Å². The van der Waals surface area contributed by atoms with Crippen LogP contribution in [-0.2, 0) is 4.79 Å². The van der Waals surface area contributed by atoms with Crippen molar-refractivity contribution in [3.63, 3.8) is 0 Å². The van der Waals surface area contributed by atoms with Crippen molar-refractivity contribution in [3.8, 4) is 0 Å². The van der Waals surface area contributed by atoms with E-state index >= 15 is 0 Å². The van der Waals surface area contributed by atoms with E-state index in [1.54, 1.807) is 0 Å². The lowest BCUT2D eigenvalue weighted by Crippen LogP contribution is -2.36. The predicted octanol–water partition coefficient (Wildman–Crippen LogP) is 2.56. The molecular formula is C11H20ClNO. The van der Waals surface area contributed by atoms with E-state index in [4.69, 9.17) is 11.6 Å². The van der Waals surface area contributed by atoms with Crippen molar-refractivity contribution in [2.75, 3.05) is 12.4 Å². The van der Waals surface area contributed by atoms with E-state index < -0.39 is 0 Å². The molecule has 14 heavy (non-hydrogen) atoms. The van der Waals surface area contributed by atoms with E-state index in [0.717, 1.165) is 0 Å². The van der Waals surface area contributed by atoms with E-state index in [-0.39, 0.29) is 11.3 Å². The van der Waals surface area contributed by atoms with Crippen LogP contribution in [0, 0.1) is 11.3 Å². The maximum Gasteiger partial charge on any atom is 0.220 e. The van der Waals surface area contributed by atoms with E-state index in [2.05, 4.69) is 19.2 Å². The van der Waals surface area contributed by atoms with Crippen molar-refractivity contribution in [3.05, 3.63) is 0 Å². The number of nitrogens with one attached hydrogen (secondary N) is 1. The van der Waals surface area contributed by atoms with Gasteiger partial charge in [0.05, 0.1) is 0 Å². The van der Waals surface area contributed by atoms with Crippen molar-refractivity contribution in [1.82, 2.24) is 5.32 Å². The second kappa shape index (κ2) is 5.01. The minimum atomic E-state index is 0.0107. The molecule has 3 heteroatoms. The smallest absolute Gasteiger partial charge is 0.220 e. The van der Waals surface area contributed by atoms with Crippen LogP contribution in [0.5, 0.6) is 0 Å². The van der Waals surface area contributed by atoms with Crippen LogP contribution >= 0.6 is 11.6 Å². The molecule has 82 valence electrons. The highest BCUT2D eigenvalue weighted by Gasteiger charge is 2.22. The number of alkyl halides is 1. The molecule has 1 rings (SSSR count). The third-order valence-electron chi connectivity index (χ3n) is 2.82. The maximum absolute atomic E-state index is 11.5. The van der Waals surface area contributed by atoms with Gasteiger partial charge >= 0.3 is 0 Å². The summed E-state index contributed by atoms with van der Waals surface area (Å²) in [7, 11) is 0. The molecule has 1 N–H and O–H groups in total. The average Bonchev–Trinajstić information content (AvgIpc) is 2.08. The number of hydrogen-bond acceptors (Lipinski definition) is 1. The molecule has 0 bridgehead atoms. The van der Waals surface area contributed by atoms with E-state index in [1.165, 1.54) is 19.3 Å². The first-order chi connectivity index (χ1) is 6.53. The Morgan fingerprint density at radius 2 is 2.14 bits per heavy atom. The Morgan fingerprint density at radius 3 is 2.57 bits per heavy atom. The van der Waals surface area contributed by atoms with E-state index in [9.17, 15) is 4.79 Å². The van der Waals surface area contributed by atoms with Gasteiger partial charge in [-0.3, -0.25) is 4.79 Å². The van der Waals surface area contributed by atoms with Crippen molar-refractivity contribution in [2.24, 2.45) is 11.3 Å². The molecular weight excluding hydrogens is 198 g/mol.